The van der Waals surface area contributed by atoms with Crippen molar-refractivity contribution in [2.45, 2.75) is 39.5 Å². The first-order valence-electron chi connectivity index (χ1n) is 11.3. The van der Waals surface area contributed by atoms with Crippen LogP contribution in [0.25, 0.3) is 12.2 Å². The fraction of sp³-hybridized carbons (Fsp3) is 0.440. The quantitative estimate of drug-likeness (QED) is 0.126. The van der Waals surface area contributed by atoms with Crippen LogP contribution in [0.1, 0.15) is 50.7 Å². The third kappa shape index (κ3) is 8.35. The smallest absolute Gasteiger partial charge is 0.493 e. The molecule has 0 unspecified atom stereocenters. The number of phosphoric acid groups is 1. The lowest BCUT2D eigenvalue weighted by molar-refractivity contribution is 0.151. The Bertz CT molecular complexity index is 979. The molecule has 0 aromatic heterocycles. The average molecular weight is 557 g/mol. The number of unbranched alkanes of at least 4 members (excludes halogenated alkanes) is 2. The second kappa shape index (κ2) is 14.4. The molecule has 0 spiro atoms. The molecule has 9 heteroatoms. The van der Waals surface area contributed by atoms with Crippen molar-refractivity contribution in [1.82, 2.24) is 0 Å². The first kappa shape index (κ1) is 28.2. The Balaban J connectivity index is 2.30. The summed E-state index contributed by atoms with van der Waals surface area (Å²) < 4.78 is 47.2. The molecule has 0 radical (unpaired) electrons. The maximum atomic E-state index is 13.3. The number of halogens is 1. The van der Waals surface area contributed by atoms with E-state index in [2.05, 4.69) is 15.9 Å². The molecule has 0 aliphatic rings. The van der Waals surface area contributed by atoms with E-state index in [0.717, 1.165) is 41.3 Å². The predicted molar refractivity (Wildman–Crippen MR) is 139 cm³/mol. The predicted octanol–water partition coefficient (Wildman–Crippen LogP) is 7.77. The Hall–Kier alpha value is -1.99. The van der Waals surface area contributed by atoms with Gasteiger partial charge in [-0.2, -0.15) is 0 Å². The van der Waals surface area contributed by atoms with Crippen molar-refractivity contribution in [2.24, 2.45) is 0 Å². The van der Waals surface area contributed by atoms with Gasteiger partial charge in [0, 0.05) is 0 Å². The zero-order valence-electron chi connectivity index (χ0n) is 20.5. The summed E-state index contributed by atoms with van der Waals surface area (Å²) in [5, 5.41) is 0. The highest BCUT2D eigenvalue weighted by Crippen LogP contribution is 2.52. The van der Waals surface area contributed by atoms with Crippen LogP contribution in [0, 0.1) is 0 Å². The molecular weight excluding hydrogens is 523 g/mol. The van der Waals surface area contributed by atoms with E-state index in [0.29, 0.717) is 17.2 Å². The second-order valence-electron chi connectivity index (χ2n) is 7.39. The average Bonchev–Trinajstić information content (AvgIpc) is 2.82. The molecule has 7 nitrogen and oxygen atoms in total. The highest BCUT2D eigenvalue weighted by Gasteiger charge is 2.29. The minimum Gasteiger partial charge on any atom is -0.493 e. The summed E-state index contributed by atoms with van der Waals surface area (Å²) in [7, 11) is 0.905. The number of methoxy groups -OCH3 is 3. The van der Waals surface area contributed by atoms with E-state index < -0.39 is 7.82 Å². The summed E-state index contributed by atoms with van der Waals surface area (Å²) in [4.78, 5) is 0. The van der Waals surface area contributed by atoms with Crippen LogP contribution in [0.4, 0.5) is 0 Å². The molecule has 0 aliphatic carbocycles. The maximum Gasteiger partial charge on any atom is 0.530 e. The van der Waals surface area contributed by atoms with Gasteiger partial charge in [0.15, 0.2) is 23.0 Å². The van der Waals surface area contributed by atoms with Crippen LogP contribution in [0.5, 0.6) is 23.0 Å². The summed E-state index contributed by atoms with van der Waals surface area (Å²) in [6, 6.07) is 9.17. The molecule has 0 saturated carbocycles. The van der Waals surface area contributed by atoms with Crippen molar-refractivity contribution in [3.05, 3.63) is 45.9 Å². The van der Waals surface area contributed by atoms with Gasteiger partial charge in [-0.25, -0.2) is 4.57 Å². The van der Waals surface area contributed by atoms with Gasteiger partial charge in [-0.05, 0) is 64.2 Å². The van der Waals surface area contributed by atoms with Crippen molar-refractivity contribution in [1.29, 1.82) is 0 Å². The third-order valence-electron chi connectivity index (χ3n) is 4.82. The first-order chi connectivity index (χ1) is 16.4. The number of phosphoric ester groups is 1. The Morgan fingerprint density at radius 1 is 0.794 bits per heavy atom. The Kier molecular flexibility index (Phi) is 12.0. The van der Waals surface area contributed by atoms with Gasteiger partial charge in [0.1, 0.15) is 0 Å². The van der Waals surface area contributed by atoms with Gasteiger partial charge in [-0.1, -0.05) is 44.9 Å². The van der Waals surface area contributed by atoms with Gasteiger partial charge in [0.25, 0.3) is 0 Å². The van der Waals surface area contributed by atoms with Crippen molar-refractivity contribution in [2.75, 3.05) is 34.5 Å². The Labute approximate surface area is 211 Å². The van der Waals surface area contributed by atoms with Crippen molar-refractivity contribution in [3.63, 3.8) is 0 Å². The summed E-state index contributed by atoms with van der Waals surface area (Å²) in [6.07, 6.45) is 7.15. The Morgan fingerprint density at radius 3 is 1.94 bits per heavy atom. The van der Waals surface area contributed by atoms with E-state index in [-0.39, 0.29) is 19.0 Å². The van der Waals surface area contributed by atoms with E-state index in [9.17, 15) is 4.57 Å². The zero-order chi connectivity index (χ0) is 25.0. The minimum atomic E-state index is -3.80. The Morgan fingerprint density at radius 2 is 1.38 bits per heavy atom. The summed E-state index contributed by atoms with van der Waals surface area (Å²) in [6.45, 7) is 4.64. The molecule has 2 aromatic rings. The van der Waals surface area contributed by atoms with Gasteiger partial charge in [0.2, 0.25) is 0 Å². The highest BCUT2D eigenvalue weighted by atomic mass is 79.9. The number of ether oxygens (including phenoxy) is 3. The maximum absolute atomic E-state index is 13.3. The van der Waals surface area contributed by atoms with Crippen molar-refractivity contribution in [3.8, 4) is 23.0 Å². The molecule has 0 N–H and O–H groups in total. The van der Waals surface area contributed by atoms with E-state index >= 15 is 0 Å². The molecule has 0 bridgehead atoms. The molecule has 34 heavy (non-hydrogen) atoms. The summed E-state index contributed by atoms with van der Waals surface area (Å²) in [5.74, 6) is 1.96. The molecule has 0 fully saturated rings. The molecule has 0 heterocycles. The number of hydrogen-bond acceptors (Lipinski definition) is 7. The third-order valence-corrected chi connectivity index (χ3v) is 6.82. The van der Waals surface area contributed by atoms with E-state index in [1.54, 1.807) is 26.4 Å². The van der Waals surface area contributed by atoms with Gasteiger partial charge < -0.3 is 18.7 Å². The number of benzene rings is 2. The van der Waals surface area contributed by atoms with E-state index in [4.69, 9.17) is 27.8 Å². The summed E-state index contributed by atoms with van der Waals surface area (Å²) in [5.41, 5.74) is 1.72. The SMILES string of the molecule is CCCCOP(=O)(OCCCC)Oc1cc(/C=C\c2cc(Br)c(OC)c(OC)c2)ccc1OC. The number of hydrogen-bond donors (Lipinski definition) is 0. The van der Waals surface area contributed by atoms with Crippen LogP contribution in [0.15, 0.2) is 34.8 Å². The molecule has 0 amide bonds. The molecular formula is C25H34BrO7P. The fourth-order valence-electron chi connectivity index (χ4n) is 2.95. The van der Waals surface area contributed by atoms with Gasteiger partial charge in [-0.3, -0.25) is 9.05 Å². The van der Waals surface area contributed by atoms with Crippen molar-refractivity contribution < 1.29 is 32.3 Å². The highest BCUT2D eigenvalue weighted by molar-refractivity contribution is 9.10. The summed E-state index contributed by atoms with van der Waals surface area (Å²) >= 11 is 3.51. The van der Waals surface area contributed by atoms with Crippen LogP contribution < -0.4 is 18.7 Å². The largest absolute Gasteiger partial charge is 0.530 e. The van der Waals surface area contributed by atoms with E-state index in [1.807, 2.05) is 44.2 Å². The molecule has 2 aromatic carbocycles. The molecule has 188 valence electrons. The lowest BCUT2D eigenvalue weighted by atomic mass is 10.1. The molecule has 0 aliphatic heterocycles. The lowest BCUT2D eigenvalue weighted by Gasteiger charge is -2.20. The normalized spacial score (nSPS) is 11.6. The number of rotatable bonds is 15. The molecule has 0 saturated heterocycles. The van der Waals surface area contributed by atoms with Crippen LogP contribution in [0.2, 0.25) is 0 Å². The molecule has 2 rings (SSSR count). The second-order valence-corrected chi connectivity index (χ2v) is 9.84. The van der Waals surface area contributed by atoms with Crippen LogP contribution >= 0.6 is 23.8 Å². The van der Waals surface area contributed by atoms with Crippen LogP contribution in [-0.4, -0.2) is 34.5 Å². The van der Waals surface area contributed by atoms with Crippen LogP contribution in [0.3, 0.4) is 0 Å². The topological polar surface area (TPSA) is 72.5 Å². The minimum absolute atomic E-state index is 0.287. The standard InChI is InChI=1S/C25H34BrO7P/c1-6-8-14-31-34(27,32-15-9-7-2)33-23-17-19(12-13-22(23)28-3)10-11-20-16-21(26)25(30-5)24(18-20)29-4/h10-13,16-18H,6-9,14-15H2,1-5H3/b11-10-. The lowest BCUT2D eigenvalue weighted by Crippen LogP contribution is -2.06. The van der Waals surface area contributed by atoms with Crippen molar-refractivity contribution >= 4 is 35.9 Å². The fourth-order valence-corrected chi connectivity index (χ4v) is 4.84. The van der Waals surface area contributed by atoms with Crippen LogP contribution in [-0.2, 0) is 13.6 Å². The van der Waals surface area contributed by atoms with Gasteiger partial charge in [0.05, 0.1) is 39.0 Å². The zero-order valence-corrected chi connectivity index (χ0v) is 22.9. The van der Waals surface area contributed by atoms with Gasteiger partial charge >= 0.3 is 7.82 Å². The molecule has 0 atom stereocenters. The monoisotopic (exact) mass is 556 g/mol. The van der Waals surface area contributed by atoms with Gasteiger partial charge in [-0.15, -0.1) is 0 Å². The first-order valence-corrected chi connectivity index (χ1v) is 13.5. The van der Waals surface area contributed by atoms with E-state index in [1.165, 1.54) is 7.11 Å².